The third-order valence-corrected chi connectivity index (χ3v) is 5.17. The average Bonchev–Trinajstić information content (AvgIpc) is 2.97. The van der Waals surface area contributed by atoms with E-state index in [9.17, 15) is 4.39 Å². The largest absolute Gasteiger partial charge is 0.496 e. The molecule has 24 heavy (non-hydrogen) atoms. The number of aryl methyl sites for hydroxylation is 3. The van der Waals surface area contributed by atoms with Crippen LogP contribution >= 0.6 is 0 Å². The van der Waals surface area contributed by atoms with Gasteiger partial charge in [0.25, 0.3) is 0 Å². The number of methoxy groups -OCH3 is 1. The Kier molecular flexibility index (Phi) is 4.91. The maximum atomic E-state index is 13.7. The molecule has 0 N–H and O–H groups in total. The summed E-state index contributed by atoms with van der Waals surface area (Å²) < 4.78 is 19.2. The minimum absolute atomic E-state index is 0.0880. The van der Waals surface area contributed by atoms with E-state index in [1.54, 1.807) is 13.2 Å². The lowest BCUT2D eigenvalue weighted by molar-refractivity contribution is 0.203. The van der Waals surface area contributed by atoms with Gasteiger partial charge in [-0.25, -0.2) is 4.39 Å². The van der Waals surface area contributed by atoms with Crippen LogP contribution in [-0.4, -0.2) is 18.1 Å². The Bertz CT molecular complexity index is 710. The maximum absolute atomic E-state index is 13.7. The van der Waals surface area contributed by atoms with E-state index in [0.29, 0.717) is 6.04 Å². The first-order chi connectivity index (χ1) is 11.5. The van der Waals surface area contributed by atoms with Crippen LogP contribution in [0.15, 0.2) is 30.3 Å². The molecule has 2 aromatic rings. The summed E-state index contributed by atoms with van der Waals surface area (Å²) in [6, 6.07) is 10.6. The van der Waals surface area contributed by atoms with Gasteiger partial charge in [-0.2, -0.15) is 0 Å². The fourth-order valence-corrected chi connectivity index (χ4v) is 3.46. The predicted octanol–water partition coefficient (Wildman–Crippen LogP) is 4.79. The second-order valence-corrected chi connectivity index (χ2v) is 6.97. The predicted molar refractivity (Wildman–Crippen MR) is 95.9 cm³/mol. The van der Waals surface area contributed by atoms with Gasteiger partial charge in [-0.1, -0.05) is 18.2 Å². The topological polar surface area (TPSA) is 12.5 Å². The van der Waals surface area contributed by atoms with Crippen LogP contribution in [0.2, 0.25) is 0 Å². The van der Waals surface area contributed by atoms with Gasteiger partial charge < -0.3 is 4.74 Å². The SMILES string of the molecule is COc1cc(CC[C@@H](C)N2Cc3cc(C)c(F)cc3C2)ccc1C. The third-order valence-electron chi connectivity index (χ3n) is 5.17. The summed E-state index contributed by atoms with van der Waals surface area (Å²) in [5.41, 5.74) is 5.64. The zero-order valence-electron chi connectivity index (χ0n) is 15.0. The molecule has 128 valence electrons. The second kappa shape index (κ2) is 6.94. The molecule has 1 aliphatic rings. The van der Waals surface area contributed by atoms with Gasteiger partial charge in [0.15, 0.2) is 0 Å². The van der Waals surface area contributed by atoms with Crippen molar-refractivity contribution in [3.63, 3.8) is 0 Å². The number of halogens is 1. The van der Waals surface area contributed by atoms with E-state index in [0.717, 1.165) is 42.8 Å². The normalized spacial score (nSPS) is 15.4. The monoisotopic (exact) mass is 327 g/mol. The van der Waals surface area contributed by atoms with Gasteiger partial charge in [0, 0.05) is 19.1 Å². The van der Waals surface area contributed by atoms with Crippen molar-refractivity contribution in [3.8, 4) is 5.75 Å². The Morgan fingerprint density at radius 3 is 2.50 bits per heavy atom. The van der Waals surface area contributed by atoms with E-state index in [1.165, 1.54) is 16.7 Å². The lowest BCUT2D eigenvalue weighted by Gasteiger charge is -2.24. The summed E-state index contributed by atoms with van der Waals surface area (Å²) in [6.07, 6.45) is 2.11. The van der Waals surface area contributed by atoms with E-state index in [4.69, 9.17) is 4.74 Å². The van der Waals surface area contributed by atoms with Crippen LogP contribution < -0.4 is 4.74 Å². The number of fused-ring (bicyclic) bond motifs is 1. The van der Waals surface area contributed by atoms with Crippen LogP contribution in [-0.2, 0) is 19.5 Å². The van der Waals surface area contributed by atoms with E-state index in [1.807, 2.05) is 13.0 Å². The number of rotatable bonds is 5. The lowest BCUT2D eigenvalue weighted by atomic mass is 10.0. The summed E-state index contributed by atoms with van der Waals surface area (Å²) in [5, 5.41) is 0. The molecule has 2 nitrogen and oxygen atoms in total. The molecule has 0 bridgehead atoms. The van der Waals surface area contributed by atoms with Gasteiger partial charge in [-0.3, -0.25) is 4.90 Å². The Morgan fingerprint density at radius 2 is 1.79 bits per heavy atom. The Hall–Kier alpha value is -1.87. The highest BCUT2D eigenvalue weighted by molar-refractivity contribution is 5.37. The molecule has 0 spiro atoms. The van der Waals surface area contributed by atoms with Crippen LogP contribution in [0.4, 0.5) is 4.39 Å². The number of benzene rings is 2. The molecule has 0 aromatic heterocycles. The second-order valence-electron chi connectivity index (χ2n) is 6.97. The van der Waals surface area contributed by atoms with Crippen LogP contribution in [0, 0.1) is 19.7 Å². The standard InChI is InChI=1S/C21H26FNO/c1-14-5-7-17(10-21(14)24-4)8-6-16(3)23-12-18-9-15(2)20(22)11-19(18)13-23/h5,7,9-11,16H,6,8,12-13H2,1-4H3/t16-/m1/s1. The van der Waals surface area contributed by atoms with E-state index in [-0.39, 0.29) is 5.82 Å². The van der Waals surface area contributed by atoms with Crippen molar-refractivity contribution in [2.24, 2.45) is 0 Å². The number of nitrogens with zero attached hydrogens (tertiary/aromatic N) is 1. The van der Waals surface area contributed by atoms with Crippen LogP contribution in [0.3, 0.4) is 0 Å². The van der Waals surface area contributed by atoms with Gasteiger partial charge in [-0.15, -0.1) is 0 Å². The summed E-state index contributed by atoms with van der Waals surface area (Å²) in [4.78, 5) is 2.44. The minimum Gasteiger partial charge on any atom is -0.496 e. The van der Waals surface area contributed by atoms with E-state index < -0.39 is 0 Å². The molecule has 0 saturated carbocycles. The first kappa shape index (κ1) is 17.0. The summed E-state index contributed by atoms with van der Waals surface area (Å²) in [7, 11) is 1.72. The molecule has 1 atom stereocenters. The van der Waals surface area contributed by atoms with Crippen LogP contribution in [0.1, 0.15) is 41.2 Å². The van der Waals surface area contributed by atoms with Gasteiger partial charge in [-0.05, 0) is 73.6 Å². The fourth-order valence-electron chi connectivity index (χ4n) is 3.46. The van der Waals surface area contributed by atoms with Crippen LogP contribution in [0.5, 0.6) is 5.75 Å². The lowest BCUT2D eigenvalue weighted by Crippen LogP contribution is -2.28. The Balaban J connectivity index is 1.61. The number of hydrogen-bond donors (Lipinski definition) is 0. The molecule has 0 amide bonds. The van der Waals surface area contributed by atoms with Gasteiger partial charge in [0.2, 0.25) is 0 Å². The summed E-state index contributed by atoms with van der Waals surface area (Å²) in [5.74, 6) is 0.870. The molecule has 1 heterocycles. The zero-order chi connectivity index (χ0) is 17.3. The molecule has 3 rings (SSSR count). The van der Waals surface area contributed by atoms with Crippen molar-refractivity contribution in [3.05, 3.63) is 64.0 Å². The minimum atomic E-state index is -0.0880. The quantitative estimate of drug-likeness (QED) is 0.783. The van der Waals surface area contributed by atoms with Crippen molar-refractivity contribution in [2.75, 3.05) is 7.11 Å². The average molecular weight is 327 g/mol. The van der Waals surface area contributed by atoms with Gasteiger partial charge in [0.05, 0.1) is 7.11 Å². The van der Waals surface area contributed by atoms with Crippen molar-refractivity contribution < 1.29 is 9.13 Å². The summed E-state index contributed by atoms with van der Waals surface area (Å²) >= 11 is 0. The molecule has 3 heteroatoms. The van der Waals surface area contributed by atoms with Crippen molar-refractivity contribution in [2.45, 2.75) is 52.7 Å². The Morgan fingerprint density at radius 1 is 1.08 bits per heavy atom. The summed E-state index contributed by atoms with van der Waals surface area (Å²) in [6.45, 7) is 7.95. The highest BCUT2D eigenvalue weighted by Crippen LogP contribution is 2.28. The zero-order valence-corrected chi connectivity index (χ0v) is 15.0. The highest BCUT2D eigenvalue weighted by Gasteiger charge is 2.24. The molecule has 0 aliphatic carbocycles. The van der Waals surface area contributed by atoms with Gasteiger partial charge >= 0.3 is 0 Å². The molecule has 0 fully saturated rings. The van der Waals surface area contributed by atoms with Crippen LogP contribution in [0.25, 0.3) is 0 Å². The van der Waals surface area contributed by atoms with Crippen molar-refractivity contribution >= 4 is 0 Å². The van der Waals surface area contributed by atoms with E-state index >= 15 is 0 Å². The first-order valence-electron chi connectivity index (χ1n) is 8.63. The van der Waals surface area contributed by atoms with Gasteiger partial charge in [0.1, 0.15) is 11.6 Å². The fraction of sp³-hybridized carbons (Fsp3) is 0.429. The third kappa shape index (κ3) is 3.46. The molecule has 1 aliphatic heterocycles. The Labute approximate surface area is 144 Å². The maximum Gasteiger partial charge on any atom is 0.126 e. The molecular formula is C21H26FNO. The number of hydrogen-bond acceptors (Lipinski definition) is 2. The molecule has 0 saturated heterocycles. The smallest absolute Gasteiger partial charge is 0.126 e. The number of ether oxygens (including phenoxy) is 1. The van der Waals surface area contributed by atoms with Crippen molar-refractivity contribution in [1.29, 1.82) is 0 Å². The molecule has 0 unspecified atom stereocenters. The van der Waals surface area contributed by atoms with E-state index in [2.05, 4.69) is 36.9 Å². The van der Waals surface area contributed by atoms with Crippen molar-refractivity contribution in [1.82, 2.24) is 4.90 Å². The molecule has 0 radical (unpaired) electrons. The first-order valence-corrected chi connectivity index (χ1v) is 8.63. The molecular weight excluding hydrogens is 301 g/mol. The molecule has 2 aromatic carbocycles. The highest BCUT2D eigenvalue weighted by atomic mass is 19.1.